The molecule has 3 amide bonds. The van der Waals surface area contributed by atoms with E-state index in [2.05, 4.69) is 37.1 Å². The highest BCUT2D eigenvalue weighted by molar-refractivity contribution is 9.10. The second-order valence-electron chi connectivity index (χ2n) is 7.32. The second-order valence-corrected chi connectivity index (χ2v) is 8.58. The van der Waals surface area contributed by atoms with Crippen molar-refractivity contribution in [3.05, 3.63) is 51.0 Å². The number of ether oxygens (including phenoxy) is 2. The molecule has 182 valence electrons. The smallest absolute Gasteiger partial charge is 0.329 e. The van der Waals surface area contributed by atoms with Crippen LogP contribution in [0.2, 0.25) is 5.02 Å². The Morgan fingerprint density at radius 1 is 1.21 bits per heavy atom. The van der Waals surface area contributed by atoms with Crippen LogP contribution in [-0.4, -0.2) is 43.7 Å². The van der Waals surface area contributed by atoms with E-state index in [4.69, 9.17) is 21.1 Å². The van der Waals surface area contributed by atoms with Gasteiger partial charge in [0.15, 0.2) is 18.1 Å². The van der Waals surface area contributed by atoms with Gasteiger partial charge in [0.1, 0.15) is 0 Å². The minimum Gasteiger partial charge on any atom is -0.493 e. The molecule has 2 rings (SSSR count). The minimum absolute atomic E-state index is 0.119. The fraction of sp³-hybridized carbons (Fsp3) is 0.304. The number of amides is 3. The van der Waals surface area contributed by atoms with Crippen molar-refractivity contribution in [3.63, 3.8) is 0 Å². The first kappa shape index (κ1) is 27.1. The van der Waals surface area contributed by atoms with Gasteiger partial charge < -0.3 is 20.1 Å². The number of rotatable bonds is 9. The normalized spacial score (nSPS) is 11.6. The summed E-state index contributed by atoms with van der Waals surface area (Å²) < 4.78 is 11.5. The zero-order valence-electron chi connectivity index (χ0n) is 19.2. The van der Waals surface area contributed by atoms with E-state index in [-0.39, 0.29) is 18.6 Å². The van der Waals surface area contributed by atoms with Crippen molar-refractivity contribution in [1.82, 2.24) is 10.7 Å². The van der Waals surface area contributed by atoms with Gasteiger partial charge in [-0.3, -0.25) is 14.4 Å². The molecular weight excluding hydrogens is 528 g/mol. The highest BCUT2D eigenvalue weighted by Gasteiger charge is 2.15. The van der Waals surface area contributed by atoms with Gasteiger partial charge in [0.25, 0.3) is 5.91 Å². The van der Waals surface area contributed by atoms with E-state index in [9.17, 15) is 14.4 Å². The highest BCUT2D eigenvalue weighted by Crippen LogP contribution is 2.36. The SMILES string of the molecule is CC[C@H](C)NC(=O)C(=O)N/N=C\c1cc(Br)c(OCC(=O)Nc2ccc(C)c(Cl)c2)c(OC)c1. The van der Waals surface area contributed by atoms with E-state index in [0.29, 0.717) is 38.7 Å². The number of halogens is 2. The lowest BCUT2D eigenvalue weighted by Crippen LogP contribution is -2.41. The van der Waals surface area contributed by atoms with Crippen LogP contribution < -0.4 is 25.5 Å². The zero-order valence-corrected chi connectivity index (χ0v) is 21.5. The van der Waals surface area contributed by atoms with Gasteiger partial charge >= 0.3 is 11.8 Å². The lowest BCUT2D eigenvalue weighted by atomic mass is 10.2. The van der Waals surface area contributed by atoms with E-state index in [1.54, 1.807) is 37.3 Å². The molecule has 9 nitrogen and oxygen atoms in total. The van der Waals surface area contributed by atoms with Crippen LogP contribution in [0.4, 0.5) is 5.69 Å². The van der Waals surface area contributed by atoms with Crippen LogP contribution >= 0.6 is 27.5 Å². The number of benzene rings is 2. The molecule has 2 aromatic carbocycles. The fourth-order valence-electron chi connectivity index (χ4n) is 2.57. The maximum atomic E-state index is 12.3. The molecular formula is C23H26BrClN4O5. The number of methoxy groups -OCH3 is 1. The molecule has 3 N–H and O–H groups in total. The average Bonchev–Trinajstić information content (AvgIpc) is 2.80. The molecule has 34 heavy (non-hydrogen) atoms. The molecule has 1 atom stereocenters. The summed E-state index contributed by atoms with van der Waals surface area (Å²) in [6, 6.07) is 8.35. The third-order valence-corrected chi connectivity index (χ3v) is 5.63. The predicted octanol–water partition coefficient (Wildman–Crippen LogP) is 3.80. The third-order valence-electron chi connectivity index (χ3n) is 4.63. The number of carbonyl (C=O) groups excluding carboxylic acids is 3. The zero-order chi connectivity index (χ0) is 25.3. The molecule has 0 aliphatic heterocycles. The number of nitrogens with zero attached hydrogens (tertiary/aromatic N) is 1. The Labute approximate surface area is 211 Å². The first-order chi connectivity index (χ1) is 16.1. The molecule has 0 aromatic heterocycles. The van der Waals surface area contributed by atoms with Gasteiger partial charge in [0.2, 0.25) is 0 Å². The van der Waals surface area contributed by atoms with Gasteiger partial charge in [0.05, 0.1) is 17.8 Å². The van der Waals surface area contributed by atoms with Gasteiger partial charge in [-0.1, -0.05) is 24.6 Å². The number of aryl methyl sites for hydroxylation is 1. The summed E-state index contributed by atoms with van der Waals surface area (Å²) in [5, 5.41) is 9.61. The molecule has 0 heterocycles. The summed E-state index contributed by atoms with van der Waals surface area (Å²) in [6.45, 7) is 5.29. The summed E-state index contributed by atoms with van der Waals surface area (Å²) in [5.41, 5.74) is 4.19. The van der Waals surface area contributed by atoms with Crippen molar-refractivity contribution in [2.75, 3.05) is 19.0 Å². The van der Waals surface area contributed by atoms with E-state index < -0.39 is 11.8 Å². The molecule has 0 aliphatic rings. The first-order valence-corrected chi connectivity index (χ1v) is 11.5. The number of hydrogen-bond acceptors (Lipinski definition) is 6. The van der Waals surface area contributed by atoms with Gasteiger partial charge in [-0.15, -0.1) is 0 Å². The van der Waals surface area contributed by atoms with Crippen LogP contribution in [0.15, 0.2) is 39.9 Å². The van der Waals surface area contributed by atoms with E-state index in [1.807, 2.05) is 13.8 Å². The summed E-state index contributed by atoms with van der Waals surface area (Å²) in [5.74, 6) is -1.36. The largest absolute Gasteiger partial charge is 0.493 e. The Morgan fingerprint density at radius 3 is 2.59 bits per heavy atom. The van der Waals surface area contributed by atoms with Crippen molar-refractivity contribution >= 4 is 57.2 Å². The molecule has 0 spiro atoms. The molecule has 0 unspecified atom stereocenters. The Bertz CT molecular complexity index is 1090. The van der Waals surface area contributed by atoms with Crippen molar-refractivity contribution in [1.29, 1.82) is 0 Å². The Morgan fingerprint density at radius 2 is 1.94 bits per heavy atom. The van der Waals surface area contributed by atoms with Gasteiger partial charge in [-0.25, -0.2) is 5.43 Å². The van der Waals surface area contributed by atoms with Crippen LogP contribution in [0, 0.1) is 6.92 Å². The summed E-state index contributed by atoms with van der Waals surface area (Å²) in [6.07, 6.45) is 2.05. The van der Waals surface area contributed by atoms with Crippen molar-refractivity contribution in [2.45, 2.75) is 33.2 Å². The number of carbonyl (C=O) groups is 3. The van der Waals surface area contributed by atoms with Crippen molar-refractivity contribution in [3.8, 4) is 11.5 Å². The van der Waals surface area contributed by atoms with Gasteiger partial charge in [-0.05, 0) is 71.6 Å². The van der Waals surface area contributed by atoms with E-state index in [1.165, 1.54) is 13.3 Å². The Kier molecular flexibility index (Phi) is 10.3. The average molecular weight is 554 g/mol. The minimum atomic E-state index is -0.872. The van der Waals surface area contributed by atoms with Crippen molar-refractivity contribution in [2.24, 2.45) is 5.10 Å². The summed E-state index contributed by atoms with van der Waals surface area (Å²) in [4.78, 5) is 35.8. The van der Waals surface area contributed by atoms with E-state index in [0.717, 1.165) is 5.56 Å². The second kappa shape index (κ2) is 13.0. The van der Waals surface area contributed by atoms with Crippen LogP contribution in [-0.2, 0) is 14.4 Å². The van der Waals surface area contributed by atoms with Crippen LogP contribution in [0.25, 0.3) is 0 Å². The summed E-state index contributed by atoms with van der Waals surface area (Å²) in [7, 11) is 1.45. The third kappa shape index (κ3) is 8.03. The van der Waals surface area contributed by atoms with Crippen LogP contribution in [0.3, 0.4) is 0 Å². The maximum absolute atomic E-state index is 12.3. The molecule has 0 radical (unpaired) electrons. The molecule has 0 saturated heterocycles. The first-order valence-electron chi connectivity index (χ1n) is 10.3. The van der Waals surface area contributed by atoms with Crippen LogP contribution in [0.5, 0.6) is 11.5 Å². The lowest BCUT2D eigenvalue weighted by molar-refractivity contribution is -0.139. The maximum Gasteiger partial charge on any atom is 0.329 e. The summed E-state index contributed by atoms with van der Waals surface area (Å²) >= 11 is 9.47. The molecule has 2 aromatic rings. The molecule has 0 fully saturated rings. The van der Waals surface area contributed by atoms with Gasteiger partial charge in [-0.2, -0.15) is 5.10 Å². The van der Waals surface area contributed by atoms with Crippen molar-refractivity contribution < 1.29 is 23.9 Å². The number of anilines is 1. The fourth-order valence-corrected chi connectivity index (χ4v) is 3.32. The standard InChI is InChI=1S/C23H26BrClN4O5/c1-5-14(3)27-22(31)23(32)29-26-11-15-8-17(24)21(19(9-15)33-4)34-12-20(30)28-16-7-6-13(2)18(25)10-16/h6-11,14H,5,12H2,1-4H3,(H,27,31)(H,28,30)(H,29,32)/b26-11-/t14-/m0/s1. The molecule has 0 aliphatic carbocycles. The Balaban J connectivity index is 2.00. The lowest BCUT2D eigenvalue weighted by Gasteiger charge is -2.14. The van der Waals surface area contributed by atoms with Crippen LogP contribution in [0.1, 0.15) is 31.4 Å². The Hall–Kier alpha value is -3.11. The number of hydrogen-bond donors (Lipinski definition) is 3. The monoisotopic (exact) mass is 552 g/mol. The highest BCUT2D eigenvalue weighted by atomic mass is 79.9. The predicted molar refractivity (Wildman–Crippen MR) is 135 cm³/mol. The molecule has 0 saturated carbocycles. The molecule has 0 bridgehead atoms. The number of hydrazone groups is 1. The van der Waals surface area contributed by atoms with E-state index >= 15 is 0 Å². The number of nitrogens with one attached hydrogen (secondary N) is 3. The quantitative estimate of drug-likeness (QED) is 0.248. The topological polar surface area (TPSA) is 118 Å². The van der Waals surface area contributed by atoms with Gasteiger partial charge in [0, 0.05) is 16.8 Å². The molecule has 11 heteroatoms.